The largest absolute Gasteiger partial charge is 0.462 e. The van der Waals surface area contributed by atoms with Crippen LogP contribution in [0, 0.1) is 5.41 Å². The van der Waals surface area contributed by atoms with Crippen LogP contribution >= 0.6 is 0 Å². The molecule has 0 spiro atoms. The third-order valence-corrected chi connectivity index (χ3v) is 3.76. The molecule has 0 aromatic heterocycles. The summed E-state index contributed by atoms with van der Waals surface area (Å²) in [6.45, 7) is 9.59. The first-order valence-corrected chi connectivity index (χ1v) is 7.75. The van der Waals surface area contributed by atoms with Crippen molar-refractivity contribution in [3.8, 4) is 0 Å². The van der Waals surface area contributed by atoms with Crippen LogP contribution in [0.4, 0.5) is 0 Å². The molecule has 1 fully saturated rings. The van der Waals surface area contributed by atoms with Gasteiger partial charge in [0.25, 0.3) is 0 Å². The molecule has 1 N–H and O–H groups in total. The summed E-state index contributed by atoms with van der Waals surface area (Å²) in [4.78, 5) is 29.5. The van der Waals surface area contributed by atoms with Crippen LogP contribution in [-0.2, 0) is 30.5 Å². The molecular weight excluding hydrogens is 310 g/mol. The Kier molecular flexibility index (Phi) is 5.75. The molecule has 6 heteroatoms. The molecule has 0 amide bonds. The van der Waals surface area contributed by atoms with Crippen molar-refractivity contribution in [2.24, 2.45) is 5.41 Å². The molecule has 1 saturated heterocycles. The van der Waals surface area contributed by atoms with Crippen molar-refractivity contribution in [1.29, 1.82) is 0 Å². The first kappa shape index (κ1) is 18.2. The summed E-state index contributed by atoms with van der Waals surface area (Å²) in [6.07, 6.45) is -0.928. The minimum atomic E-state index is -0.928. The van der Waals surface area contributed by atoms with Crippen molar-refractivity contribution in [3.63, 3.8) is 0 Å². The number of esters is 2. The van der Waals surface area contributed by atoms with E-state index >= 15 is 0 Å². The van der Waals surface area contributed by atoms with Crippen molar-refractivity contribution in [1.82, 2.24) is 5.48 Å². The molecule has 1 aliphatic rings. The zero-order valence-corrected chi connectivity index (χ0v) is 14.2. The predicted molar refractivity (Wildman–Crippen MR) is 87.6 cm³/mol. The highest BCUT2D eigenvalue weighted by Gasteiger charge is 2.47. The van der Waals surface area contributed by atoms with Gasteiger partial charge in [-0.25, -0.2) is 9.59 Å². The average molecular weight is 333 g/mol. The zero-order chi connectivity index (χ0) is 17.7. The SMILES string of the molecule is C=C(C)[C@H](NOCc1ccccc1)C(=O)O[C@H]1C(=O)OCC1(C)C. The summed E-state index contributed by atoms with van der Waals surface area (Å²) in [6, 6.07) is 8.67. The molecule has 0 aliphatic carbocycles. The molecule has 1 aliphatic heterocycles. The average Bonchev–Trinajstić information content (AvgIpc) is 2.79. The standard InChI is InChI=1S/C18H23NO5/c1-12(2)14(19-23-10-13-8-6-5-7-9-13)16(20)24-15-17(21)22-11-18(15,3)4/h5-9,14-15,19H,1,10-11H2,2-4H3/t14-,15-/m0/s1. The van der Waals surface area contributed by atoms with E-state index in [4.69, 9.17) is 14.3 Å². The molecule has 0 saturated carbocycles. The first-order chi connectivity index (χ1) is 11.3. The van der Waals surface area contributed by atoms with E-state index in [0.717, 1.165) is 5.56 Å². The Balaban J connectivity index is 1.93. The number of hydrogen-bond acceptors (Lipinski definition) is 6. The number of carbonyl (C=O) groups excluding carboxylic acids is 2. The van der Waals surface area contributed by atoms with Gasteiger partial charge >= 0.3 is 11.9 Å². The van der Waals surface area contributed by atoms with E-state index in [1.807, 2.05) is 44.2 Å². The zero-order valence-electron chi connectivity index (χ0n) is 14.2. The minimum absolute atomic E-state index is 0.222. The van der Waals surface area contributed by atoms with Gasteiger partial charge in [0.1, 0.15) is 6.61 Å². The lowest BCUT2D eigenvalue weighted by molar-refractivity contribution is -0.166. The van der Waals surface area contributed by atoms with E-state index in [1.165, 1.54) is 0 Å². The van der Waals surface area contributed by atoms with E-state index in [2.05, 4.69) is 12.1 Å². The molecule has 0 unspecified atom stereocenters. The molecule has 6 nitrogen and oxygen atoms in total. The normalized spacial score (nSPS) is 20.3. The van der Waals surface area contributed by atoms with Crippen LogP contribution in [0.2, 0.25) is 0 Å². The van der Waals surface area contributed by atoms with Crippen LogP contribution in [-0.4, -0.2) is 30.7 Å². The van der Waals surface area contributed by atoms with Crippen molar-refractivity contribution < 1.29 is 23.9 Å². The fourth-order valence-corrected chi connectivity index (χ4v) is 2.25. The lowest BCUT2D eigenvalue weighted by Gasteiger charge is -2.24. The molecule has 1 heterocycles. The lowest BCUT2D eigenvalue weighted by atomic mass is 9.90. The Morgan fingerprint density at radius 2 is 2.08 bits per heavy atom. The molecule has 2 rings (SSSR count). The third-order valence-electron chi connectivity index (χ3n) is 3.76. The second-order valence-corrected chi connectivity index (χ2v) is 6.58. The van der Waals surface area contributed by atoms with Gasteiger partial charge in [-0.2, -0.15) is 5.48 Å². The van der Waals surface area contributed by atoms with Crippen molar-refractivity contribution in [2.45, 2.75) is 39.5 Å². The van der Waals surface area contributed by atoms with Gasteiger partial charge in [0.15, 0.2) is 6.04 Å². The molecule has 0 bridgehead atoms. The monoisotopic (exact) mass is 333 g/mol. The van der Waals surface area contributed by atoms with Gasteiger partial charge < -0.3 is 9.47 Å². The van der Waals surface area contributed by atoms with Gasteiger partial charge in [0, 0.05) is 5.41 Å². The molecule has 24 heavy (non-hydrogen) atoms. The van der Waals surface area contributed by atoms with E-state index in [-0.39, 0.29) is 13.2 Å². The predicted octanol–water partition coefficient (Wildman–Crippen LogP) is 2.15. The van der Waals surface area contributed by atoms with E-state index < -0.39 is 29.5 Å². The van der Waals surface area contributed by atoms with Gasteiger partial charge in [0.2, 0.25) is 6.10 Å². The number of hydroxylamine groups is 1. The molecule has 0 radical (unpaired) electrons. The Labute approximate surface area is 141 Å². The van der Waals surface area contributed by atoms with Crippen LogP contribution in [0.5, 0.6) is 0 Å². The molecule has 1 aromatic rings. The summed E-state index contributed by atoms with van der Waals surface area (Å²) in [7, 11) is 0. The topological polar surface area (TPSA) is 73.9 Å². The Morgan fingerprint density at radius 3 is 2.62 bits per heavy atom. The molecular formula is C18H23NO5. The summed E-state index contributed by atoms with van der Waals surface area (Å²) in [5, 5.41) is 0. The van der Waals surface area contributed by atoms with Crippen LogP contribution in [0.15, 0.2) is 42.5 Å². The maximum Gasteiger partial charge on any atom is 0.348 e. The van der Waals surface area contributed by atoms with Gasteiger partial charge in [0.05, 0.1) is 6.61 Å². The van der Waals surface area contributed by atoms with Crippen molar-refractivity contribution in [2.75, 3.05) is 6.61 Å². The third kappa shape index (κ3) is 4.43. The lowest BCUT2D eigenvalue weighted by Crippen LogP contribution is -2.44. The molecule has 130 valence electrons. The second kappa shape index (κ2) is 7.59. The van der Waals surface area contributed by atoms with Crippen molar-refractivity contribution >= 4 is 11.9 Å². The van der Waals surface area contributed by atoms with E-state index in [0.29, 0.717) is 5.57 Å². The van der Waals surface area contributed by atoms with Gasteiger partial charge in [-0.05, 0) is 12.5 Å². The number of nitrogens with one attached hydrogen (secondary N) is 1. The molecule has 2 atom stereocenters. The van der Waals surface area contributed by atoms with Crippen molar-refractivity contribution in [3.05, 3.63) is 48.0 Å². The highest BCUT2D eigenvalue weighted by molar-refractivity contribution is 5.85. The summed E-state index contributed by atoms with van der Waals surface area (Å²) in [5.74, 6) is -1.15. The number of ether oxygens (including phenoxy) is 2. The minimum Gasteiger partial charge on any atom is -0.462 e. The van der Waals surface area contributed by atoms with Gasteiger partial charge in [-0.15, -0.1) is 0 Å². The fourth-order valence-electron chi connectivity index (χ4n) is 2.25. The number of benzene rings is 1. The Bertz CT molecular complexity index is 611. The number of carbonyl (C=O) groups is 2. The highest BCUT2D eigenvalue weighted by atomic mass is 16.7. The second-order valence-electron chi connectivity index (χ2n) is 6.58. The summed E-state index contributed by atoms with van der Waals surface area (Å²) >= 11 is 0. The smallest absolute Gasteiger partial charge is 0.348 e. The number of hydrogen-bond donors (Lipinski definition) is 1. The van der Waals surface area contributed by atoms with E-state index in [1.54, 1.807) is 6.92 Å². The summed E-state index contributed by atoms with van der Waals surface area (Å²) < 4.78 is 10.3. The van der Waals surface area contributed by atoms with E-state index in [9.17, 15) is 9.59 Å². The maximum absolute atomic E-state index is 12.4. The quantitative estimate of drug-likeness (QED) is 0.468. The van der Waals surface area contributed by atoms with Crippen LogP contribution < -0.4 is 5.48 Å². The fraction of sp³-hybridized carbons (Fsp3) is 0.444. The molecule has 1 aromatic carbocycles. The van der Waals surface area contributed by atoms with Crippen LogP contribution in [0.25, 0.3) is 0 Å². The summed E-state index contributed by atoms with van der Waals surface area (Å²) in [5.41, 5.74) is 3.58. The maximum atomic E-state index is 12.4. The Hall–Kier alpha value is -2.18. The van der Waals surface area contributed by atoms with Gasteiger partial charge in [-0.1, -0.05) is 56.3 Å². The number of cyclic esters (lactones) is 1. The van der Waals surface area contributed by atoms with Crippen LogP contribution in [0.1, 0.15) is 26.3 Å². The highest BCUT2D eigenvalue weighted by Crippen LogP contribution is 2.31. The van der Waals surface area contributed by atoms with Crippen LogP contribution in [0.3, 0.4) is 0 Å². The number of rotatable bonds is 7. The van der Waals surface area contributed by atoms with Gasteiger partial charge in [-0.3, -0.25) is 4.84 Å². The first-order valence-electron chi connectivity index (χ1n) is 7.75. The Morgan fingerprint density at radius 1 is 1.42 bits per heavy atom.